The van der Waals surface area contributed by atoms with Crippen LogP contribution in [-0.4, -0.2) is 21.8 Å². The molecule has 0 radical (unpaired) electrons. The molecule has 0 unspecified atom stereocenters. The second-order valence-corrected chi connectivity index (χ2v) is 10.3. The first-order valence-corrected chi connectivity index (χ1v) is 11.6. The van der Waals surface area contributed by atoms with Crippen LogP contribution in [-0.2, 0) is 25.9 Å². The summed E-state index contributed by atoms with van der Waals surface area (Å²) in [5.74, 6) is -0.169. The van der Waals surface area contributed by atoms with Crippen LogP contribution in [0, 0.1) is 0 Å². The summed E-state index contributed by atoms with van der Waals surface area (Å²) in [6, 6.07) is 15.5. The molecule has 31 heavy (non-hydrogen) atoms. The van der Waals surface area contributed by atoms with Crippen molar-refractivity contribution in [3.63, 3.8) is 0 Å². The third kappa shape index (κ3) is 4.94. The summed E-state index contributed by atoms with van der Waals surface area (Å²) in [5.41, 5.74) is -1.00. The van der Waals surface area contributed by atoms with E-state index in [0.29, 0.717) is 12.4 Å². The molecule has 11 heteroatoms. The van der Waals surface area contributed by atoms with E-state index in [1.165, 1.54) is 48.5 Å². The van der Waals surface area contributed by atoms with Gasteiger partial charge in [-0.1, -0.05) is 36.4 Å². The monoisotopic (exact) mass is 468 g/mol. The zero-order valence-electron chi connectivity index (χ0n) is 15.6. The molecule has 0 aliphatic heterocycles. The van der Waals surface area contributed by atoms with Gasteiger partial charge >= 0.3 is 6.18 Å². The Morgan fingerprint density at radius 2 is 1.26 bits per heavy atom. The van der Waals surface area contributed by atoms with E-state index < -0.39 is 35.7 Å². The van der Waals surface area contributed by atoms with E-state index in [1.807, 2.05) is 0 Å². The Bertz CT molecular complexity index is 1220. The van der Waals surface area contributed by atoms with Gasteiger partial charge in [-0.05, 0) is 36.4 Å². The molecule has 162 valence electrons. The minimum Gasteiger partial charge on any atom is -0.345 e. The third-order valence-electron chi connectivity index (χ3n) is 4.07. The number of sulfone groups is 2. The lowest BCUT2D eigenvalue weighted by molar-refractivity contribution is -0.137. The molecule has 0 aliphatic rings. The van der Waals surface area contributed by atoms with Gasteiger partial charge in [-0.2, -0.15) is 13.2 Å². The summed E-state index contributed by atoms with van der Waals surface area (Å²) in [6.07, 6.45) is -3.34. The van der Waals surface area contributed by atoms with Crippen molar-refractivity contribution < 1.29 is 30.0 Å². The highest BCUT2D eigenvalue weighted by Gasteiger charge is 2.34. The van der Waals surface area contributed by atoms with Crippen LogP contribution >= 0.6 is 0 Å². The first-order chi connectivity index (χ1) is 14.5. The molecule has 0 bridgehead atoms. The topological polar surface area (TPSA) is 93.2 Å². The molecule has 0 atom stereocenters. The van der Waals surface area contributed by atoms with Crippen LogP contribution < -0.4 is 5.32 Å². The summed E-state index contributed by atoms with van der Waals surface area (Å²) in [4.78, 5) is 3.04. The standard InChI is InChI=1S/C20H15F3N2O4S2/c21-20(22,23)15-11-12-18(24-13-15)25-14-19(30(26,27)16-7-3-1-4-8-16)31(28,29)17-9-5-2-6-10-17/h1-14H,(H,24,25). The molecule has 0 aliphatic carbocycles. The molecule has 1 aromatic heterocycles. The highest BCUT2D eigenvalue weighted by Crippen LogP contribution is 2.30. The van der Waals surface area contributed by atoms with Gasteiger partial charge in [0.05, 0.1) is 15.4 Å². The van der Waals surface area contributed by atoms with Gasteiger partial charge in [-0.3, -0.25) is 0 Å². The van der Waals surface area contributed by atoms with Crippen LogP contribution in [0.5, 0.6) is 0 Å². The number of anilines is 1. The van der Waals surface area contributed by atoms with Gasteiger partial charge in [0.15, 0.2) is 4.24 Å². The van der Waals surface area contributed by atoms with Crippen molar-refractivity contribution in [2.45, 2.75) is 16.0 Å². The molecule has 1 N–H and O–H groups in total. The van der Waals surface area contributed by atoms with Gasteiger partial charge in [-0.25, -0.2) is 21.8 Å². The maximum absolute atomic E-state index is 13.1. The quantitative estimate of drug-likeness (QED) is 0.581. The van der Waals surface area contributed by atoms with Crippen molar-refractivity contribution in [1.29, 1.82) is 0 Å². The van der Waals surface area contributed by atoms with Crippen LogP contribution in [0.3, 0.4) is 0 Å². The summed E-state index contributed by atoms with van der Waals surface area (Å²) in [7, 11) is -9.01. The minimum absolute atomic E-state index is 0.169. The second kappa shape index (κ2) is 8.52. The number of alkyl halides is 3. The Kier molecular flexibility index (Phi) is 6.18. The number of rotatable bonds is 6. The average molecular weight is 468 g/mol. The first kappa shape index (κ1) is 22.5. The maximum atomic E-state index is 13.1. The van der Waals surface area contributed by atoms with Crippen molar-refractivity contribution in [2.24, 2.45) is 0 Å². The fourth-order valence-electron chi connectivity index (χ4n) is 2.51. The Balaban J connectivity index is 2.08. The van der Waals surface area contributed by atoms with Gasteiger partial charge < -0.3 is 5.32 Å². The number of pyridine rings is 1. The van der Waals surface area contributed by atoms with E-state index in [-0.39, 0.29) is 15.6 Å². The third-order valence-corrected chi connectivity index (χ3v) is 8.46. The van der Waals surface area contributed by atoms with E-state index >= 15 is 0 Å². The van der Waals surface area contributed by atoms with E-state index in [4.69, 9.17) is 0 Å². The highest BCUT2D eigenvalue weighted by molar-refractivity contribution is 8.14. The van der Waals surface area contributed by atoms with E-state index in [1.54, 1.807) is 12.1 Å². The second-order valence-electron chi connectivity index (χ2n) is 6.17. The minimum atomic E-state index is -4.60. The van der Waals surface area contributed by atoms with Crippen molar-refractivity contribution >= 4 is 25.5 Å². The Morgan fingerprint density at radius 1 is 0.774 bits per heavy atom. The first-order valence-electron chi connectivity index (χ1n) is 8.63. The molecule has 1 heterocycles. The SMILES string of the molecule is O=S(=O)(C(=CNc1ccc(C(F)(F)F)cn1)S(=O)(=O)c1ccccc1)c1ccccc1. The van der Waals surface area contributed by atoms with Gasteiger partial charge in [0, 0.05) is 12.4 Å². The zero-order valence-corrected chi connectivity index (χ0v) is 17.2. The van der Waals surface area contributed by atoms with Crippen molar-refractivity contribution in [2.75, 3.05) is 5.32 Å². The normalized spacial score (nSPS) is 12.2. The van der Waals surface area contributed by atoms with Crippen LogP contribution in [0.4, 0.5) is 19.0 Å². The summed E-state index contributed by atoms with van der Waals surface area (Å²) in [5, 5.41) is 2.38. The van der Waals surface area contributed by atoms with Crippen molar-refractivity contribution in [3.8, 4) is 0 Å². The molecular weight excluding hydrogens is 453 g/mol. The molecular formula is C20H15F3N2O4S2. The summed E-state index contributed by atoms with van der Waals surface area (Å²) < 4.78 is 89.5. The van der Waals surface area contributed by atoms with Crippen LogP contribution in [0.1, 0.15) is 5.56 Å². The zero-order chi connectivity index (χ0) is 22.7. The molecule has 0 amide bonds. The number of benzene rings is 2. The van der Waals surface area contributed by atoms with Crippen molar-refractivity contribution in [1.82, 2.24) is 4.98 Å². The number of hydrogen-bond donors (Lipinski definition) is 1. The average Bonchev–Trinajstić information content (AvgIpc) is 2.74. The molecule has 0 saturated heterocycles. The molecule has 0 fully saturated rings. The number of halogens is 3. The summed E-state index contributed by atoms with van der Waals surface area (Å²) >= 11 is 0. The van der Waals surface area contributed by atoms with Crippen LogP contribution in [0.2, 0.25) is 0 Å². The predicted molar refractivity (Wildman–Crippen MR) is 108 cm³/mol. The lowest BCUT2D eigenvalue weighted by atomic mass is 10.3. The molecule has 3 aromatic rings. The lowest BCUT2D eigenvalue weighted by Gasteiger charge is -2.12. The molecule has 0 saturated carbocycles. The van der Waals surface area contributed by atoms with Crippen molar-refractivity contribution in [3.05, 3.63) is 95.0 Å². The summed E-state index contributed by atoms with van der Waals surface area (Å²) in [6.45, 7) is 0. The van der Waals surface area contributed by atoms with E-state index in [9.17, 15) is 30.0 Å². The highest BCUT2D eigenvalue weighted by atomic mass is 32.3. The van der Waals surface area contributed by atoms with E-state index in [2.05, 4.69) is 10.3 Å². The van der Waals surface area contributed by atoms with E-state index in [0.717, 1.165) is 12.1 Å². The Hall–Kier alpha value is -3.18. The maximum Gasteiger partial charge on any atom is 0.417 e. The number of nitrogens with zero attached hydrogens (tertiary/aromatic N) is 1. The van der Waals surface area contributed by atoms with Crippen LogP contribution in [0.15, 0.2) is 99.2 Å². The smallest absolute Gasteiger partial charge is 0.345 e. The van der Waals surface area contributed by atoms with Gasteiger partial charge in [0.1, 0.15) is 5.82 Å². The number of hydrogen-bond acceptors (Lipinski definition) is 6. The largest absolute Gasteiger partial charge is 0.417 e. The van der Waals surface area contributed by atoms with Gasteiger partial charge in [-0.15, -0.1) is 0 Å². The van der Waals surface area contributed by atoms with Crippen LogP contribution in [0.25, 0.3) is 0 Å². The fraction of sp³-hybridized carbons (Fsp3) is 0.0500. The van der Waals surface area contributed by atoms with Gasteiger partial charge in [0.25, 0.3) is 0 Å². The molecule has 0 spiro atoms. The molecule has 3 rings (SSSR count). The number of aromatic nitrogens is 1. The molecule has 2 aromatic carbocycles. The van der Waals surface area contributed by atoms with Gasteiger partial charge in [0.2, 0.25) is 19.7 Å². The Morgan fingerprint density at radius 3 is 1.65 bits per heavy atom. The predicted octanol–water partition coefficient (Wildman–Crippen LogP) is 4.26. The number of nitrogens with one attached hydrogen (secondary N) is 1. The molecule has 6 nitrogen and oxygen atoms in total. The lowest BCUT2D eigenvalue weighted by Crippen LogP contribution is -2.16. The fourth-order valence-corrected chi connectivity index (χ4v) is 6.17. The Labute approximate surface area is 176 Å².